The van der Waals surface area contributed by atoms with Crippen LogP contribution in [0.2, 0.25) is 10.0 Å². The van der Waals surface area contributed by atoms with Gasteiger partial charge in [-0.25, -0.2) is 33.1 Å². The van der Waals surface area contributed by atoms with E-state index in [9.17, 15) is 13.2 Å². The number of pyridine rings is 1. The predicted molar refractivity (Wildman–Crippen MR) is 264 cm³/mol. The van der Waals surface area contributed by atoms with Gasteiger partial charge in [-0.05, 0) is 98.7 Å². The van der Waals surface area contributed by atoms with E-state index in [0.29, 0.717) is 69.2 Å². The van der Waals surface area contributed by atoms with Crippen LogP contribution in [0, 0.1) is 19.7 Å². The van der Waals surface area contributed by atoms with Crippen molar-refractivity contribution in [2.45, 2.75) is 39.3 Å². The number of hydrogen-bond acceptors (Lipinski definition) is 14. The van der Waals surface area contributed by atoms with Crippen molar-refractivity contribution in [3.05, 3.63) is 117 Å². The number of rotatable bonds is 9. The van der Waals surface area contributed by atoms with Crippen LogP contribution in [0.1, 0.15) is 27.9 Å². The maximum absolute atomic E-state index is 14.1. The summed E-state index contributed by atoms with van der Waals surface area (Å²) in [7, 11) is 4.35. The Morgan fingerprint density at radius 1 is 0.853 bits per heavy atom. The third kappa shape index (κ3) is 11.4. The van der Waals surface area contributed by atoms with Gasteiger partial charge in [-0.1, -0.05) is 35.3 Å². The Morgan fingerprint density at radius 3 is 2.25 bits per heavy atom. The summed E-state index contributed by atoms with van der Waals surface area (Å²) in [5.74, 6) is 2.48. The number of fused-ring (bicyclic) bond motifs is 7. The second-order valence-electron chi connectivity index (χ2n) is 16.5. The lowest BCUT2D eigenvalue weighted by Gasteiger charge is -2.28. The molecule has 0 radical (unpaired) electrons. The minimum absolute atomic E-state index is 0.121. The topological polar surface area (TPSA) is 145 Å². The predicted octanol–water partition coefficient (Wildman–Crippen LogP) is 9.60. The molecular weight excluding hydrogens is 939 g/mol. The molecule has 19 heteroatoms. The molecule has 1 fully saturated rings. The second-order valence-corrected chi connectivity index (χ2v) is 18.3. The molecule has 0 saturated carbocycles. The lowest BCUT2D eigenvalue weighted by atomic mass is 9.90. The second kappa shape index (κ2) is 22.2. The average Bonchev–Trinajstić information content (AvgIpc) is 3.73. The maximum Gasteiger partial charge on any atom is 0.255 e. The summed E-state index contributed by atoms with van der Waals surface area (Å²) in [6.07, 6.45) is 0.982. The SMILES string of the molecule is CN1CCN(C)CC1.Cc1c(Cl)c2c(Cl)c(C)c1-c1c(-c3ccc(F)cc3)sc3c1C(=NCN3)OCCc1cc(ccc1OCc1ccnc(-c3ccc(NCC(N)C(F)F)nc3)n1)OCCO2. The van der Waals surface area contributed by atoms with Crippen molar-refractivity contribution >= 4 is 51.3 Å². The van der Waals surface area contributed by atoms with Crippen LogP contribution in [-0.2, 0) is 17.8 Å². The fourth-order valence-electron chi connectivity index (χ4n) is 7.78. The first-order valence-corrected chi connectivity index (χ1v) is 23.7. The zero-order valence-electron chi connectivity index (χ0n) is 38.1. The van der Waals surface area contributed by atoms with Gasteiger partial charge in [0.25, 0.3) is 6.43 Å². The minimum Gasteiger partial charge on any atom is -0.490 e. The molecule has 0 spiro atoms. The molecule has 3 aromatic heterocycles. The van der Waals surface area contributed by atoms with Gasteiger partial charge in [0.15, 0.2) is 11.6 Å². The smallest absolute Gasteiger partial charge is 0.255 e. The van der Waals surface area contributed by atoms with E-state index in [2.05, 4.69) is 49.5 Å². The zero-order valence-corrected chi connectivity index (χ0v) is 40.4. The summed E-state index contributed by atoms with van der Waals surface area (Å²) < 4.78 is 64.9. The summed E-state index contributed by atoms with van der Waals surface area (Å²) in [6, 6.07) is 15.8. The molecule has 7 heterocycles. The van der Waals surface area contributed by atoms with Crippen molar-refractivity contribution in [3.8, 4) is 50.2 Å². The first-order chi connectivity index (χ1) is 32.8. The molecule has 13 nitrogen and oxygen atoms in total. The number of thiophene rings is 1. The van der Waals surface area contributed by atoms with Crippen LogP contribution in [-0.4, -0.2) is 116 Å². The molecule has 1 unspecified atom stereocenters. The Bertz CT molecular complexity index is 2700. The van der Waals surface area contributed by atoms with E-state index in [1.54, 1.807) is 42.7 Å². The number of piperazine rings is 1. The minimum atomic E-state index is -2.64. The van der Waals surface area contributed by atoms with Crippen molar-refractivity contribution in [3.63, 3.8) is 0 Å². The van der Waals surface area contributed by atoms with Crippen LogP contribution in [0.15, 0.2) is 78.0 Å². The summed E-state index contributed by atoms with van der Waals surface area (Å²) in [5, 5.41) is 7.80. The molecule has 3 aromatic carbocycles. The summed E-state index contributed by atoms with van der Waals surface area (Å²) >= 11 is 15.6. The van der Waals surface area contributed by atoms with E-state index < -0.39 is 12.5 Å². The van der Waals surface area contributed by atoms with Crippen molar-refractivity contribution < 1.29 is 32.1 Å². The average molecular weight is 991 g/mol. The number of ether oxygens (including phenoxy) is 4. The van der Waals surface area contributed by atoms with Crippen molar-refractivity contribution in [1.29, 1.82) is 0 Å². The van der Waals surface area contributed by atoms with Gasteiger partial charge in [-0.3, -0.25) is 0 Å². The highest BCUT2D eigenvalue weighted by Crippen LogP contribution is 2.53. The number of nitrogens with one attached hydrogen (secondary N) is 2. The Balaban J connectivity index is 0.000000709. The number of anilines is 2. The highest BCUT2D eigenvalue weighted by molar-refractivity contribution is 7.20. The summed E-state index contributed by atoms with van der Waals surface area (Å²) in [4.78, 5) is 23.7. The summed E-state index contributed by atoms with van der Waals surface area (Å²) in [5.41, 5.74) is 12.2. The Morgan fingerprint density at radius 2 is 1.56 bits per heavy atom. The van der Waals surface area contributed by atoms with E-state index >= 15 is 0 Å². The molecule has 6 aromatic rings. The molecule has 358 valence electrons. The van der Waals surface area contributed by atoms with E-state index in [4.69, 9.17) is 52.9 Å². The molecule has 0 amide bonds. The molecule has 4 aliphatic heterocycles. The number of likely N-dealkylation sites (N-methyl/N-ethyl adjacent to an activating group) is 2. The van der Waals surface area contributed by atoms with Gasteiger partial charge in [0.2, 0.25) is 5.90 Å². The van der Waals surface area contributed by atoms with Gasteiger partial charge in [0, 0.05) is 73.1 Å². The van der Waals surface area contributed by atoms with Gasteiger partial charge in [-0.2, -0.15) is 0 Å². The Hall–Kier alpha value is -5.69. The fraction of sp³-hybridized carbons (Fsp3) is 0.347. The van der Waals surface area contributed by atoms with Crippen molar-refractivity contribution in [2.75, 3.05) is 83.9 Å². The highest BCUT2D eigenvalue weighted by Gasteiger charge is 2.32. The first kappa shape index (κ1) is 48.8. The molecule has 4 aliphatic rings. The van der Waals surface area contributed by atoms with Gasteiger partial charge in [-0.15, -0.1) is 11.3 Å². The number of aliphatic imine (C=N–C) groups is 1. The van der Waals surface area contributed by atoms with E-state index in [1.807, 2.05) is 32.0 Å². The number of hydrogen-bond donors (Lipinski definition) is 3. The molecule has 4 N–H and O–H groups in total. The largest absolute Gasteiger partial charge is 0.490 e. The standard InChI is InChI=1S/C43H38Cl2F3N7O4S.C6H14N2/c1-22-33-23(2)37(45)38(36(22)44)57-16-15-56-29-8-9-31(59-20-28-11-13-50-41(55-28)26-5-10-32(51-18-26)52-19-30(49)40(47)48)25(17-29)12-14-58-42-35-34(33)39(60-43(35)54-21-53-42)24-3-6-27(46)7-4-24;1-7-3-5-8(2)6-4-7/h3-11,13,17-18,30,40,54H,12,14-16,19-21,49H2,1-2H3,(H,51,52);3-6H2,1-2H3. The molecule has 0 aliphatic carbocycles. The molecule has 1 saturated heterocycles. The maximum atomic E-state index is 14.1. The zero-order chi connectivity index (χ0) is 47.9. The van der Waals surface area contributed by atoms with E-state index in [1.165, 1.54) is 49.6 Å². The molecule has 10 rings (SSSR count). The van der Waals surface area contributed by atoms with Crippen LogP contribution in [0.3, 0.4) is 0 Å². The normalized spacial score (nSPS) is 15.6. The lowest BCUT2D eigenvalue weighted by Crippen LogP contribution is -2.42. The fourth-order valence-corrected chi connectivity index (χ4v) is 9.51. The van der Waals surface area contributed by atoms with Gasteiger partial charge >= 0.3 is 0 Å². The summed E-state index contributed by atoms with van der Waals surface area (Å²) in [6.45, 7) is 9.69. The molecule has 1 atom stereocenters. The number of halogens is 5. The molecule has 4 bridgehead atoms. The lowest BCUT2D eigenvalue weighted by molar-refractivity contribution is 0.121. The van der Waals surface area contributed by atoms with Crippen LogP contribution in [0.25, 0.3) is 33.0 Å². The first-order valence-electron chi connectivity index (χ1n) is 22.1. The number of alkyl halides is 2. The van der Waals surface area contributed by atoms with Crippen LogP contribution in [0.4, 0.5) is 24.0 Å². The van der Waals surface area contributed by atoms with Gasteiger partial charge in [0.05, 0.1) is 34.0 Å². The number of nitrogens with zero attached hydrogens (tertiary/aromatic N) is 6. The van der Waals surface area contributed by atoms with Crippen LogP contribution < -0.4 is 30.6 Å². The quantitative estimate of drug-likeness (QED) is 0.127. The van der Waals surface area contributed by atoms with Crippen molar-refractivity contribution in [1.82, 2.24) is 24.8 Å². The third-order valence-electron chi connectivity index (χ3n) is 11.7. The van der Waals surface area contributed by atoms with Gasteiger partial charge in [0.1, 0.15) is 54.6 Å². The molecule has 68 heavy (non-hydrogen) atoms. The number of nitrogens with two attached hydrogens (primary N) is 1. The van der Waals surface area contributed by atoms with Gasteiger partial charge < -0.3 is 45.1 Å². The monoisotopic (exact) mass is 989 g/mol. The van der Waals surface area contributed by atoms with E-state index in [0.717, 1.165) is 48.8 Å². The molecular formula is C49H52Cl2F3N9O4S. The van der Waals surface area contributed by atoms with Crippen LogP contribution >= 0.6 is 34.5 Å². The van der Waals surface area contributed by atoms with E-state index in [-0.39, 0.29) is 38.8 Å². The Kier molecular flexibility index (Phi) is 15.9. The number of aromatic nitrogens is 3. The van der Waals surface area contributed by atoms with Crippen LogP contribution in [0.5, 0.6) is 17.2 Å². The Labute approximate surface area is 407 Å². The third-order valence-corrected chi connectivity index (χ3v) is 13.8. The number of benzene rings is 3. The highest BCUT2D eigenvalue weighted by atomic mass is 35.5. The van der Waals surface area contributed by atoms with Crippen molar-refractivity contribution in [2.24, 2.45) is 10.7 Å².